The maximum atomic E-state index is 13.3. The second-order valence-corrected chi connectivity index (χ2v) is 4.65. The van der Waals surface area contributed by atoms with Gasteiger partial charge in [0, 0.05) is 12.6 Å². The summed E-state index contributed by atoms with van der Waals surface area (Å²) in [6, 6.07) is 6.26. The van der Waals surface area contributed by atoms with Gasteiger partial charge in [0.1, 0.15) is 5.82 Å². The van der Waals surface area contributed by atoms with E-state index in [9.17, 15) is 4.39 Å². The van der Waals surface area contributed by atoms with Crippen molar-refractivity contribution in [3.05, 3.63) is 35.6 Å². The Morgan fingerprint density at radius 3 is 2.63 bits per heavy atom. The summed E-state index contributed by atoms with van der Waals surface area (Å²) in [6.45, 7) is 7.03. The molecular weight excluding hydrogens is 245 g/mol. The van der Waals surface area contributed by atoms with E-state index in [1.165, 1.54) is 12.1 Å². The topological polar surface area (TPSA) is 44.5 Å². The van der Waals surface area contributed by atoms with Crippen molar-refractivity contribution < 1.29 is 13.9 Å². The van der Waals surface area contributed by atoms with Crippen LogP contribution in [0.2, 0.25) is 0 Å². The van der Waals surface area contributed by atoms with Gasteiger partial charge in [0.25, 0.3) is 0 Å². The van der Waals surface area contributed by atoms with Gasteiger partial charge >= 0.3 is 0 Å². The maximum Gasteiger partial charge on any atom is 0.123 e. The second-order valence-electron chi connectivity index (χ2n) is 4.65. The molecule has 0 heterocycles. The molecule has 0 radical (unpaired) electrons. The highest BCUT2D eigenvalue weighted by Gasteiger charge is 2.22. The first-order chi connectivity index (χ1) is 9.08. The Morgan fingerprint density at radius 2 is 2.05 bits per heavy atom. The van der Waals surface area contributed by atoms with Gasteiger partial charge in [0.05, 0.1) is 18.8 Å². The molecule has 0 amide bonds. The number of hydrogen-bond acceptors (Lipinski definition) is 3. The van der Waals surface area contributed by atoms with E-state index in [2.05, 4.69) is 0 Å². The molecule has 1 aromatic rings. The van der Waals surface area contributed by atoms with E-state index < -0.39 is 0 Å². The molecule has 3 nitrogen and oxygen atoms in total. The van der Waals surface area contributed by atoms with Crippen LogP contribution in [-0.4, -0.2) is 25.4 Å². The van der Waals surface area contributed by atoms with Crippen molar-refractivity contribution in [2.45, 2.75) is 45.4 Å². The monoisotopic (exact) mass is 269 g/mol. The SMILES string of the molecule is CCOCC(C)OC(c1cccc(F)c1)C(N)CC. The molecule has 0 saturated heterocycles. The van der Waals surface area contributed by atoms with E-state index in [1.807, 2.05) is 26.8 Å². The van der Waals surface area contributed by atoms with E-state index in [1.54, 1.807) is 6.07 Å². The number of nitrogens with two attached hydrogens (primary N) is 1. The number of hydrogen-bond donors (Lipinski definition) is 1. The largest absolute Gasteiger partial charge is 0.379 e. The van der Waals surface area contributed by atoms with Crippen LogP contribution in [-0.2, 0) is 9.47 Å². The molecule has 1 rings (SSSR count). The van der Waals surface area contributed by atoms with Crippen LogP contribution in [0.3, 0.4) is 0 Å². The van der Waals surface area contributed by atoms with E-state index in [0.717, 1.165) is 12.0 Å². The summed E-state index contributed by atoms with van der Waals surface area (Å²) in [5.41, 5.74) is 6.86. The lowest BCUT2D eigenvalue weighted by atomic mass is 10.0. The predicted molar refractivity (Wildman–Crippen MR) is 74.4 cm³/mol. The molecule has 2 N–H and O–H groups in total. The standard InChI is InChI=1S/C15H24FNO2/c1-4-14(17)15(19-11(3)10-18-5-2)12-7-6-8-13(16)9-12/h6-9,11,14-15H,4-5,10,17H2,1-3H3. The molecule has 108 valence electrons. The molecule has 0 saturated carbocycles. The number of benzene rings is 1. The quantitative estimate of drug-likeness (QED) is 0.789. The number of ether oxygens (including phenoxy) is 2. The molecule has 19 heavy (non-hydrogen) atoms. The highest BCUT2D eigenvalue weighted by molar-refractivity contribution is 5.20. The molecule has 0 aliphatic carbocycles. The summed E-state index contributed by atoms with van der Waals surface area (Å²) in [7, 11) is 0. The first-order valence-corrected chi connectivity index (χ1v) is 6.82. The Morgan fingerprint density at radius 1 is 1.32 bits per heavy atom. The lowest BCUT2D eigenvalue weighted by Crippen LogP contribution is -2.33. The van der Waals surface area contributed by atoms with E-state index in [-0.39, 0.29) is 24.1 Å². The Balaban J connectivity index is 2.77. The summed E-state index contributed by atoms with van der Waals surface area (Å²) in [4.78, 5) is 0. The molecule has 4 heteroatoms. The Kier molecular flexibility index (Phi) is 6.99. The van der Waals surface area contributed by atoms with Crippen molar-refractivity contribution in [2.75, 3.05) is 13.2 Å². The zero-order valence-electron chi connectivity index (χ0n) is 11.9. The first-order valence-electron chi connectivity index (χ1n) is 6.82. The third-order valence-electron chi connectivity index (χ3n) is 2.97. The van der Waals surface area contributed by atoms with Gasteiger partial charge in [-0.1, -0.05) is 19.1 Å². The molecule has 3 atom stereocenters. The maximum absolute atomic E-state index is 13.3. The van der Waals surface area contributed by atoms with Gasteiger partial charge in [-0.25, -0.2) is 4.39 Å². The van der Waals surface area contributed by atoms with Crippen LogP contribution in [0, 0.1) is 5.82 Å². The molecule has 0 spiro atoms. The van der Waals surface area contributed by atoms with Crippen molar-refractivity contribution in [3.8, 4) is 0 Å². The van der Waals surface area contributed by atoms with Gasteiger partial charge in [-0.2, -0.15) is 0 Å². The van der Waals surface area contributed by atoms with Gasteiger partial charge in [0.2, 0.25) is 0 Å². The van der Waals surface area contributed by atoms with Gasteiger partial charge in [0.15, 0.2) is 0 Å². The Hall–Kier alpha value is -0.970. The summed E-state index contributed by atoms with van der Waals surface area (Å²) in [6.07, 6.45) is 0.379. The van der Waals surface area contributed by atoms with Gasteiger partial charge in [-0.05, 0) is 38.0 Å². The highest BCUT2D eigenvalue weighted by atomic mass is 19.1. The lowest BCUT2D eigenvalue weighted by molar-refractivity contribution is -0.0575. The minimum atomic E-state index is -0.309. The fraction of sp³-hybridized carbons (Fsp3) is 0.600. The molecule has 0 bridgehead atoms. The first kappa shape index (κ1) is 16.1. The minimum Gasteiger partial charge on any atom is -0.379 e. The molecule has 0 aromatic heterocycles. The van der Waals surface area contributed by atoms with Crippen LogP contribution in [0.1, 0.15) is 38.9 Å². The predicted octanol–water partition coefficient (Wildman–Crippen LogP) is 3.05. The number of halogens is 1. The second kappa shape index (κ2) is 8.25. The zero-order valence-corrected chi connectivity index (χ0v) is 11.9. The van der Waals surface area contributed by atoms with Gasteiger partial charge in [-0.3, -0.25) is 0 Å². The van der Waals surface area contributed by atoms with Crippen molar-refractivity contribution in [3.63, 3.8) is 0 Å². The van der Waals surface area contributed by atoms with E-state index in [4.69, 9.17) is 15.2 Å². The normalized spacial score (nSPS) is 16.1. The smallest absolute Gasteiger partial charge is 0.123 e. The lowest BCUT2D eigenvalue weighted by Gasteiger charge is -2.27. The van der Waals surface area contributed by atoms with Crippen molar-refractivity contribution in [1.82, 2.24) is 0 Å². The van der Waals surface area contributed by atoms with Crippen LogP contribution in [0.15, 0.2) is 24.3 Å². The van der Waals surface area contributed by atoms with Crippen molar-refractivity contribution in [2.24, 2.45) is 5.73 Å². The summed E-state index contributed by atoms with van der Waals surface area (Å²) in [5, 5.41) is 0. The summed E-state index contributed by atoms with van der Waals surface area (Å²) < 4.78 is 24.6. The van der Waals surface area contributed by atoms with Crippen LogP contribution in [0.4, 0.5) is 4.39 Å². The van der Waals surface area contributed by atoms with Gasteiger partial charge < -0.3 is 15.2 Å². The Bertz CT molecular complexity index is 373. The summed E-state index contributed by atoms with van der Waals surface area (Å²) in [5.74, 6) is -0.271. The van der Waals surface area contributed by atoms with Crippen LogP contribution in [0.5, 0.6) is 0 Å². The molecule has 0 aliphatic rings. The van der Waals surface area contributed by atoms with E-state index >= 15 is 0 Å². The summed E-state index contributed by atoms with van der Waals surface area (Å²) >= 11 is 0. The van der Waals surface area contributed by atoms with Crippen LogP contribution >= 0.6 is 0 Å². The average Bonchev–Trinajstić information content (AvgIpc) is 2.41. The zero-order chi connectivity index (χ0) is 14.3. The fourth-order valence-corrected chi connectivity index (χ4v) is 1.90. The molecule has 3 unspecified atom stereocenters. The minimum absolute atomic E-state index is 0.0779. The average molecular weight is 269 g/mol. The highest BCUT2D eigenvalue weighted by Crippen LogP contribution is 2.24. The van der Waals surface area contributed by atoms with Crippen molar-refractivity contribution in [1.29, 1.82) is 0 Å². The molecule has 1 aromatic carbocycles. The third kappa shape index (κ3) is 5.27. The van der Waals surface area contributed by atoms with Crippen molar-refractivity contribution >= 4 is 0 Å². The molecular formula is C15H24FNO2. The number of rotatable bonds is 8. The van der Waals surface area contributed by atoms with Crippen LogP contribution in [0.25, 0.3) is 0 Å². The third-order valence-corrected chi connectivity index (χ3v) is 2.97. The Labute approximate surface area is 114 Å². The molecule has 0 aliphatic heterocycles. The molecule has 0 fully saturated rings. The van der Waals surface area contributed by atoms with Gasteiger partial charge in [-0.15, -0.1) is 0 Å². The fourth-order valence-electron chi connectivity index (χ4n) is 1.90. The van der Waals surface area contributed by atoms with E-state index in [0.29, 0.717) is 13.2 Å². The van der Waals surface area contributed by atoms with Crippen LogP contribution < -0.4 is 5.73 Å².